The molecule has 15 heteroatoms. The monoisotopic (exact) mass is 943 g/mol. The van der Waals surface area contributed by atoms with Crippen molar-refractivity contribution in [3.05, 3.63) is 36.5 Å². The summed E-state index contributed by atoms with van der Waals surface area (Å²) in [6, 6.07) is 0. The van der Waals surface area contributed by atoms with E-state index in [1.807, 2.05) is 0 Å². The fourth-order valence-corrected chi connectivity index (χ4v) is 7.85. The highest BCUT2D eigenvalue weighted by Crippen LogP contribution is 2.26. The first-order valence-electron chi connectivity index (χ1n) is 25.6. The quantitative estimate of drug-likeness (QED) is 0.0143. The van der Waals surface area contributed by atoms with E-state index in [0.717, 1.165) is 64.2 Å². The molecule has 66 heavy (non-hydrogen) atoms. The molecule has 7 N–H and O–H groups in total. The third kappa shape index (κ3) is 26.5. The Morgan fingerprint density at radius 2 is 0.909 bits per heavy atom. The lowest BCUT2D eigenvalue weighted by Gasteiger charge is -2.42. The minimum absolute atomic E-state index is 0.142. The fraction of sp³-hybridized carbons (Fsp3) is 0.843. The van der Waals surface area contributed by atoms with E-state index in [4.69, 9.17) is 28.4 Å². The normalized spacial score (nSPS) is 26.4. The highest BCUT2D eigenvalue weighted by molar-refractivity contribution is 5.70. The van der Waals surface area contributed by atoms with Crippen LogP contribution < -0.4 is 0 Å². The molecular weight excluding hydrogens is 853 g/mol. The van der Waals surface area contributed by atoms with Crippen molar-refractivity contribution in [3.8, 4) is 0 Å². The van der Waals surface area contributed by atoms with Crippen molar-refractivity contribution in [1.82, 2.24) is 0 Å². The van der Waals surface area contributed by atoms with Crippen LogP contribution in [0.2, 0.25) is 0 Å². The summed E-state index contributed by atoms with van der Waals surface area (Å²) in [6.07, 6.45) is 23.1. The van der Waals surface area contributed by atoms with Crippen LogP contribution in [0.3, 0.4) is 0 Å². The molecule has 2 saturated heterocycles. The number of hydrogen-bond acceptors (Lipinski definition) is 15. The molecule has 2 aliphatic rings. The van der Waals surface area contributed by atoms with Crippen molar-refractivity contribution >= 4 is 11.9 Å². The smallest absolute Gasteiger partial charge is 0.306 e. The Bertz CT molecular complexity index is 1290. The minimum atomic E-state index is -1.77. The van der Waals surface area contributed by atoms with E-state index >= 15 is 0 Å². The summed E-state index contributed by atoms with van der Waals surface area (Å²) in [5.41, 5.74) is 0. The molecule has 11 atom stereocenters. The number of esters is 2. The zero-order chi connectivity index (χ0) is 48.2. The molecule has 15 nitrogen and oxygen atoms in total. The van der Waals surface area contributed by atoms with Gasteiger partial charge in [-0.1, -0.05) is 140 Å². The summed E-state index contributed by atoms with van der Waals surface area (Å²) < 4.78 is 33.5. The molecule has 2 aliphatic heterocycles. The largest absolute Gasteiger partial charge is 0.462 e. The summed E-state index contributed by atoms with van der Waals surface area (Å²) in [7, 11) is 0. The van der Waals surface area contributed by atoms with Gasteiger partial charge in [-0.25, -0.2) is 0 Å². The summed E-state index contributed by atoms with van der Waals surface area (Å²) in [5, 5.41) is 72.0. The summed E-state index contributed by atoms with van der Waals surface area (Å²) in [5.74, 6) is -0.960. The van der Waals surface area contributed by atoms with Gasteiger partial charge in [0.15, 0.2) is 18.7 Å². The van der Waals surface area contributed by atoms with E-state index in [1.54, 1.807) is 0 Å². The van der Waals surface area contributed by atoms with Gasteiger partial charge >= 0.3 is 11.9 Å². The van der Waals surface area contributed by atoms with Crippen molar-refractivity contribution < 1.29 is 73.8 Å². The first kappa shape index (κ1) is 59.8. The fourth-order valence-electron chi connectivity index (χ4n) is 7.85. The number of unbranched alkanes of at least 4 members (excludes halogenated alkanes) is 20. The van der Waals surface area contributed by atoms with Crippen LogP contribution in [-0.4, -0.2) is 142 Å². The van der Waals surface area contributed by atoms with Gasteiger partial charge in [0.25, 0.3) is 0 Å². The Morgan fingerprint density at radius 1 is 0.485 bits per heavy atom. The second-order valence-electron chi connectivity index (χ2n) is 18.0. The molecule has 0 aromatic rings. The van der Waals surface area contributed by atoms with Crippen molar-refractivity contribution in [2.45, 2.75) is 248 Å². The number of allylic oxidation sites excluding steroid dienone is 6. The van der Waals surface area contributed by atoms with Crippen molar-refractivity contribution in [1.29, 1.82) is 0 Å². The van der Waals surface area contributed by atoms with Crippen molar-refractivity contribution in [2.75, 3.05) is 26.4 Å². The molecule has 0 radical (unpaired) electrons. The van der Waals surface area contributed by atoms with Gasteiger partial charge in [0.1, 0.15) is 55.4 Å². The molecule has 2 rings (SSSR count). The number of ether oxygens (including phenoxy) is 6. The maximum atomic E-state index is 13.0. The second kappa shape index (κ2) is 38.6. The number of carbonyl (C=O) groups is 2. The molecule has 0 amide bonds. The van der Waals surface area contributed by atoms with Gasteiger partial charge in [-0.2, -0.15) is 0 Å². The first-order chi connectivity index (χ1) is 32.0. The van der Waals surface area contributed by atoms with Crippen LogP contribution in [0, 0.1) is 0 Å². The maximum Gasteiger partial charge on any atom is 0.306 e. The molecule has 0 spiro atoms. The average molecular weight is 943 g/mol. The molecule has 0 saturated carbocycles. The van der Waals surface area contributed by atoms with E-state index in [9.17, 15) is 45.3 Å². The summed E-state index contributed by atoms with van der Waals surface area (Å²) in [4.78, 5) is 25.7. The molecule has 0 aromatic carbocycles. The van der Waals surface area contributed by atoms with Crippen LogP contribution in [0.4, 0.5) is 0 Å². The predicted octanol–water partition coefficient (Wildman–Crippen LogP) is 6.93. The standard InChI is InChI=1S/C51H90O15/c1-3-5-7-9-11-13-15-17-19-21-23-25-27-29-31-33-42(53)61-36-39(64-43(54)34-32-30-28-26-24-22-20-18-16-14-12-10-8-6-4-2)37-62-50-49(60)47(58)45(56)41(66-50)38-63-51-48(59)46(57)44(55)40(35-52)65-51/h13,15,17,19,22,24,39-41,44-52,55-60H,3-12,14,16,18,20-21,23,25-38H2,1-2H3/b15-13+,19-17+,24-22+/t39-,40-,41-,44+,45+,46?,47?,48?,49?,50-,51-/m1/s1. The average Bonchev–Trinajstić information content (AvgIpc) is 3.31. The molecule has 2 fully saturated rings. The zero-order valence-corrected chi connectivity index (χ0v) is 40.4. The van der Waals surface area contributed by atoms with Crippen LogP contribution in [0.5, 0.6) is 0 Å². The number of rotatable bonds is 39. The molecule has 4 unspecified atom stereocenters. The van der Waals surface area contributed by atoms with Crippen molar-refractivity contribution in [2.24, 2.45) is 0 Å². The molecule has 2 heterocycles. The van der Waals surface area contributed by atoms with Gasteiger partial charge in [-0.15, -0.1) is 0 Å². The van der Waals surface area contributed by atoms with Gasteiger partial charge in [0, 0.05) is 12.8 Å². The molecule has 0 aliphatic carbocycles. The second-order valence-corrected chi connectivity index (χ2v) is 18.0. The van der Waals surface area contributed by atoms with E-state index in [-0.39, 0.29) is 19.4 Å². The lowest BCUT2D eigenvalue weighted by molar-refractivity contribution is -0.332. The van der Waals surface area contributed by atoms with Crippen LogP contribution in [0.15, 0.2) is 36.5 Å². The Labute approximate surface area is 395 Å². The maximum absolute atomic E-state index is 13.0. The van der Waals surface area contributed by atoms with Gasteiger partial charge in [-0.05, 0) is 64.2 Å². The van der Waals surface area contributed by atoms with Crippen LogP contribution in [0.25, 0.3) is 0 Å². The predicted molar refractivity (Wildman–Crippen MR) is 252 cm³/mol. The summed E-state index contributed by atoms with van der Waals surface area (Å²) in [6.45, 7) is 2.53. The minimum Gasteiger partial charge on any atom is -0.462 e. The first-order valence-corrected chi connectivity index (χ1v) is 25.6. The lowest BCUT2D eigenvalue weighted by Crippen LogP contribution is -2.61. The number of hydrogen-bond donors (Lipinski definition) is 7. The summed E-state index contributed by atoms with van der Waals surface area (Å²) >= 11 is 0. The molecular formula is C51H90O15. The Morgan fingerprint density at radius 3 is 1.45 bits per heavy atom. The highest BCUT2D eigenvalue weighted by atomic mass is 16.7. The van der Waals surface area contributed by atoms with Crippen molar-refractivity contribution in [3.63, 3.8) is 0 Å². The molecule has 0 bridgehead atoms. The van der Waals surface area contributed by atoms with Gasteiger partial charge < -0.3 is 64.2 Å². The van der Waals surface area contributed by atoms with E-state index in [2.05, 4.69) is 50.3 Å². The van der Waals surface area contributed by atoms with Gasteiger partial charge in [0.2, 0.25) is 0 Å². The van der Waals surface area contributed by atoms with E-state index in [1.165, 1.54) is 77.0 Å². The Hall–Kier alpha value is -2.28. The SMILES string of the molecule is CCCCCC/C=C/C=C/CCCCCCCC(=O)OC[C@H](CO[C@@H]1O[C@H](CO[C@@H]2O[C@H](CO)[C@H](O)C(O)C2O)[C@H](O)C(O)C1O)OC(=O)CCCCC/C=C/CCCCCCCCCC. The number of aliphatic hydroxyl groups is 7. The van der Waals surface area contributed by atoms with E-state index in [0.29, 0.717) is 12.8 Å². The third-order valence-electron chi connectivity index (χ3n) is 12.1. The van der Waals surface area contributed by atoms with E-state index < -0.39 is 99.3 Å². The lowest BCUT2D eigenvalue weighted by atomic mass is 9.98. The number of carbonyl (C=O) groups excluding carboxylic acids is 2. The Balaban J connectivity index is 1.83. The Kier molecular flexibility index (Phi) is 35.0. The molecule has 384 valence electrons. The number of aliphatic hydroxyl groups excluding tert-OH is 7. The highest BCUT2D eigenvalue weighted by Gasteiger charge is 2.47. The zero-order valence-electron chi connectivity index (χ0n) is 40.4. The molecule has 0 aromatic heterocycles. The topological polar surface area (TPSA) is 231 Å². The van der Waals surface area contributed by atoms with Gasteiger partial charge in [0.05, 0.1) is 19.8 Å². The van der Waals surface area contributed by atoms with Crippen LogP contribution >= 0.6 is 0 Å². The van der Waals surface area contributed by atoms with Crippen LogP contribution in [0.1, 0.15) is 181 Å². The van der Waals surface area contributed by atoms with Crippen LogP contribution in [-0.2, 0) is 38.0 Å². The third-order valence-corrected chi connectivity index (χ3v) is 12.1. The van der Waals surface area contributed by atoms with Gasteiger partial charge in [-0.3, -0.25) is 9.59 Å².